The zero-order valence-electron chi connectivity index (χ0n) is 16.7. The number of hydrogen-bond acceptors (Lipinski definition) is 4. The second-order valence-electron chi connectivity index (χ2n) is 7.24. The second-order valence-corrected chi connectivity index (χ2v) is 7.24. The summed E-state index contributed by atoms with van der Waals surface area (Å²) in [5, 5.41) is 5.45. The number of hydrogen-bond donors (Lipinski definition) is 3. The maximum Gasteiger partial charge on any atom is 0.274 e. The molecule has 0 unspecified atom stereocenters. The second kappa shape index (κ2) is 9.17. The van der Waals surface area contributed by atoms with Crippen LogP contribution in [0.3, 0.4) is 0 Å². The number of aromatic nitrogens is 1. The van der Waals surface area contributed by atoms with Crippen LogP contribution < -0.4 is 16.4 Å². The van der Waals surface area contributed by atoms with E-state index in [2.05, 4.69) is 15.6 Å². The molecule has 30 heavy (non-hydrogen) atoms. The molecule has 0 spiro atoms. The van der Waals surface area contributed by atoms with Crippen LogP contribution in [0.5, 0.6) is 0 Å². The first kappa shape index (κ1) is 21.0. The van der Waals surface area contributed by atoms with Crippen LogP contribution in [0.25, 0.3) is 0 Å². The van der Waals surface area contributed by atoms with Crippen LogP contribution in [0, 0.1) is 11.7 Å². The third-order valence-electron chi connectivity index (χ3n) is 4.63. The zero-order chi connectivity index (χ0) is 21.7. The lowest BCUT2D eigenvalue weighted by molar-refractivity contribution is -0.118. The minimum Gasteiger partial charge on any atom is -0.397 e. The van der Waals surface area contributed by atoms with E-state index in [0.717, 1.165) is 11.6 Å². The van der Waals surface area contributed by atoms with Crippen molar-refractivity contribution in [3.05, 3.63) is 83.9 Å². The Hall–Kier alpha value is -3.74. The van der Waals surface area contributed by atoms with Gasteiger partial charge in [-0.2, -0.15) is 0 Å². The van der Waals surface area contributed by atoms with Crippen LogP contribution in [0.4, 0.5) is 21.5 Å². The van der Waals surface area contributed by atoms with Gasteiger partial charge in [0, 0.05) is 0 Å². The van der Waals surface area contributed by atoms with Crippen molar-refractivity contribution in [1.29, 1.82) is 0 Å². The lowest BCUT2D eigenvalue weighted by Crippen LogP contribution is -2.25. The molecular formula is C23H23FN4O2. The Balaban J connectivity index is 1.69. The van der Waals surface area contributed by atoms with Gasteiger partial charge in [-0.1, -0.05) is 44.2 Å². The zero-order valence-corrected chi connectivity index (χ0v) is 16.7. The maximum absolute atomic E-state index is 13.1. The first-order chi connectivity index (χ1) is 14.3. The summed E-state index contributed by atoms with van der Waals surface area (Å²) in [7, 11) is 0. The molecule has 154 valence electrons. The van der Waals surface area contributed by atoms with Gasteiger partial charge in [-0.05, 0) is 41.8 Å². The van der Waals surface area contributed by atoms with E-state index in [4.69, 9.17) is 5.73 Å². The molecule has 0 saturated carbocycles. The molecule has 2 amide bonds. The average Bonchev–Trinajstić information content (AvgIpc) is 2.71. The van der Waals surface area contributed by atoms with E-state index < -0.39 is 11.7 Å². The Morgan fingerprint density at radius 2 is 1.73 bits per heavy atom. The number of halogens is 1. The van der Waals surface area contributed by atoms with E-state index in [-0.39, 0.29) is 29.1 Å². The van der Waals surface area contributed by atoms with E-state index in [0.29, 0.717) is 11.4 Å². The van der Waals surface area contributed by atoms with Crippen molar-refractivity contribution in [2.45, 2.75) is 19.8 Å². The summed E-state index contributed by atoms with van der Waals surface area (Å²) < 4.78 is 13.1. The highest BCUT2D eigenvalue weighted by molar-refractivity contribution is 6.04. The SMILES string of the molecule is CC(C)[C@H](C(=O)Nc1ccc(C(=O)Nc2ccc(F)cc2N)nc1)c1ccccc1. The van der Waals surface area contributed by atoms with Gasteiger partial charge in [0.05, 0.1) is 29.2 Å². The van der Waals surface area contributed by atoms with Gasteiger partial charge >= 0.3 is 0 Å². The highest BCUT2D eigenvalue weighted by atomic mass is 19.1. The summed E-state index contributed by atoms with van der Waals surface area (Å²) in [6, 6.07) is 16.4. The summed E-state index contributed by atoms with van der Waals surface area (Å²) in [4.78, 5) is 29.3. The summed E-state index contributed by atoms with van der Waals surface area (Å²) >= 11 is 0. The number of nitrogens with zero attached hydrogens (tertiary/aromatic N) is 1. The molecular weight excluding hydrogens is 383 g/mol. The molecule has 0 saturated heterocycles. The molecule has 0 bridgehead atoms. The van der Waals surface area contributed by atoms with Gasteiger partial charge in [0.1, 0.15) is 11.5 Å². The first-order valence-corrected chi connectivity index (χ1v) is 9.53. The third-order valence-corrected chi connectivity index (χ3v) is 4.63. The van der Waals surface area contributed by atoms with Crippen LogP contribution in [-0.4, -0.2) is 16.8 Å². The molecule has 2 aromatic carbocycles. The van der Waals surface area contributed by atoms with Gasteiger partial charge in [-0.3, -0.25) is 9.59 Å². The lowest BCUT2D eigenvalue weighted by Gasteiger charge is -2.20. The highest BCUT2D eigenvalue weighted by Crippen LogP contribution is 2.26. The molecule has 1 heterocycles. The number of amides is 2. The molecule has 0 radical (unpaired) electrons. The van der Waals surface area contributed by atoms with Gasteiger partial charge in [-0.15, -0.1) is 0 Å². The van der Waals surface area contributed by atoms with Crippen molar-refractivity contribution >= 4 is 28.9 Å². The Morgan fingerprint density at radius 1 is 1.00 bits per heavy atom. The summed E-state index contributed by atoms with van der Waals surface area (Å²) in [6.07, 6.45) is 1.42. The fraction of sp³-hybridized carbons (Fsp3) is 0.174. The Bertz CT molecular complexity index is 1040. The Morgan fingerprint density at radius 3 is 2.33 bits per heavy atom. The van der Waals surface area contributed by atoms with Gasteiger partial charge < -0.3 is 16.4 Å². The number of nitrogen functional groups attached to an aromatic ring is 1. The molecule has 4 N–H and O–H groups in total. The molecule has 0 aliphatic heterocycles. The third kappa shape index (κ3) is 5.00. The van der Waals surface area contributed by atoms with Crippen LogP contribution in [0.1, 0.15) is 35.8 Å². The smallest absolute Gasteiger partial charge is 0.274 e. The van der Waals surface area contributed by atoms with Gasteiger partial charge in [0.25, 0.3) is 5.91 Å². The standard InChI is InChI=1S/C23H23FN4O2/c1-14(2)21(15-6-4-3-5-7-15)23(30)27-17-9-11-20(26-13-17)22(29)28-19-10-8-16(24)12-18(19)25/h3-14,21H,25H2,1-2H3,(H,27,30)(H,28,29)/t21-/m0/s1. The molecule has 7 heteroatoms. The van der Waals surface area contributed by atoms with E-state index in [1.807, 2.05) is 44.2 Å². The van der Waals surface area contributed by atoms with Gasteiger partial charge in [0.15, 0.2) is 0 Å². The Kier molecular flexibility index (Phi) is 6.41. The van der Waals surface area contributed by atoms with Crippen LogP contribution in [0.15, 0.2) is 66.9 Å². The predicted molar refractivity (Wildman–Crippen MR) is 116 cm³/mol. The molecule has 3 rings (SSSR count). The molecule has 3 aromatic rings. The van der Waals surface area contributed by atoms with E-state index in [1.54, 1.807) is 6.07 Å². The van der Waals surface area contributed by atoms with Crippen molar-refractivity contribution in [3.8, 4) is 0 Å². The number of nitrogens with one attached hydrogen (secondary N) is 2. The highest BCUT2D eigenvalue weighted by Gasteiger charge is 2.24. The summed E-state index contributed by atoms with van der Waals surface area (Å²) in [6.45, 7) is 3.98. The minimum absolute atomic E-state index is 0.103. The number of benzene rings is 2. The van der Waals surface area contributed by atoms with Crippen LogP contribution in [0.2, 0.25) is 0 Å². The molecule has 6 nitrogen and oxygen atoms in total. The van der Waals surface area contributed by atoms with Crippen LogP contribution in [-0.2, 0) is 4.79 Å². The number of carbonyl (C=O) groups is 2. The van der Waals surface area contributed by atoms with Crippen LogP contribution >= 0.6 is 0 Å². The fourth-order valence-electron chi connectivity index (χ4n) is 3.16. The molecule has 0 aliphatic carbocycles. The lowest BCUT2D eigenvalue weighted by atomic mass is 9.87. The van der Waals surface area contributed by atoms with Crippen molar-refractivity contribution in [2.24, 2.45) is 5.92 Å². The molecule has 0 aliphatic rings. The maximum atomic E-state index is 13.1. The Labute approximate surface area is 174 Å². The molecule has 1 aromatic heterocycles. The number of nitrogens with two attached hydrogens (primary N) is 1. The predicted octanol–water partition coefficient (Wildman–Crippen LogP) is 4.43. The van der Waals surface area contributed by atoms with E-state index in [9.17, 15) is 14.0 Å². The normalized spacial score (nSPS) is 11.7. The molecule has 0 fully saturated rings. The number of anilines is 3. The number of rotatable bonds is 6. The van der Waals surface area contributed by atoms with Gasteiger partial charge in [0.2, 0.25) is 5.91 Å². The monoisotopic (exact) mass is 406 g/mol. The summed E-state index contributed by atoms with van der Waals surface area (Å²) in [5.41, 5.74) is 7.68. The van der Waals surface area contributed by atoms with E-state index in [1.165, 1.54) is 24.4 Å². The summed E-state index contributed by atoms with van der Waals surface area (Å²) in [5.74, 6) is -1.33. The largest absolute Gasteiger partial charge is 0.397 e. The fourth-order valence-corrected chi connectivity index (χ4v) is 3.16. The van der Waals surface area contributed by atoms with Gasteiger partial charge in [-0.25, -0.2) is 9.37 Å². The minimum atomic E-state index is -0.490. The van der Waals surface area contributed by atoms with Crippen molar-refractivity contribution in [1.82, 2.24) is 4.98 Å². The first-order valence-electron chi connectivity index (χ1n) is 9.53. The quantitative estimate of drug-likeness (QED) is 0.528. The number of carbonyl (C=O) groups excluding carboxylic acids is 2. The number of pyridine rings is 1. The van der Waals surface area contributed by atoms with Crippen molar-refractivity contribution < 1.29 is 14.0 Å². The average molecular weight is 406 g/mol. The van der Waals surface area contributed by atoms with Crippen molar-refractivity contribution in [2.75, 3.05) is 16.4 Å². The van der Waals surface area contributed by atoms with E-state index >= 15 is 0 Å². The van der Waals surface area contributed by atoms with Crippen molar-refractivity contribution in [3.63, 3.8) is 0 Å². The molecule has 1 atom stereocenters. The topological polar surface area (TPSA) is 97.1 Å².